The summed E-state index contributed by atoms with van der Waals surface area (Å²) in [5.41, 5.74) is 1.23. The molecule has 1 aliphatic carbocycles. The molecule has 6 nitrogen and oxygen atoms in total. The van der Waals surface area contributed by atoms with Crippen molar-refractivity contribution in [2.75, 3.05) is 31.6 Å². The molecule has 1 aromatic rings. The molecule has 1 saturated heterocycles. The van der Waals surface area contributed by atoms with Crippen LogP contribution in [0.3, 0.4) is 0 Å². The van der Waals surface area contributed by atoms with Gasteiger partial charge in [-0.05, 0) is 43.5 Å². The van der Waals surface area contributed by atoms with Crippen molar-refractivity contribution in [1.29, 1.82) is 0 Å². The molecule has 2 aliphatic rings. The fourth-order valence-corrected chi connectivity index (χ4v) is 3.09. The number of guanidine groups is 1. The Morgan fingerprint density at radius 2 is 1.92 bits per heavy atom. The third kappa shape index (κ3) is 6.32. The minimum Gasteiger partial charge on any atom is -0.369 e. The van der Waals surface area contributed by atoms with Crippen LogP contribution in [0.2, 0.25) is 0 Å². The highest BCUT2D eigenvalue weighted by Crippen LogP contribution is 2.22. The highest BCUT2D eigenvalue weighted by atomic mass is 127. The topological polar surface area (TPSA) is 68.8 Å². The number of carbonyl (C=O) groups is 1. The highest BCUT2D eigenvalue weighted by molar-refractivity contribution is 14.0. The van der Waals surface area contributed by atoms with Crippen molar-refractivity contribution >= 4 is 57.5 Å². The highest BCUT2D eigenvalue weighted by Gasteiger charge is 2.25. The molecule has 1 unspecified atom stereocenters. The molecule has 0 aromatic heterocycles. The van der Waals surface area contributed by atoms with E-state index in [0.29, 0.717) is 18.0 Å². The molecule has 2 fully saturated rings. The fraction of sp³-hybridized carbons (Fsp3) is 0.529. The molecule has 138 valence electrons. The summed E-state index contributed by atoms with van der Waals surface area (Å²) in [6, 6.07) is 9.10. The molecule has 1 heterocycles. The number of hydrogen-bond donors (Lipinski definition) is 3. The predicted molar refractivity (Wildman–Crippen MR) is 116 cm³/mol. The van der Waals surface area contributed by atoms with Crippen molar-refractivity contribution in [2.45, 2.75) is 31.3 Å². The second kappa shape index (κ2) is 9.61. The van der Waals surface area contributed by atoms with E-state index in [1.54, 1.807) is 7.05 Å². The monoisotopic (exact) mass is 521 g/mol. The molecule has 3 N–H and O–H groups in total. The first-order valence-electron chi connectivity index (χ1n) is 8.41. The number of rotatable bonds is 5. The Bertz CT molecular complexity index is 606. The molecular formula is C17H25BrIN5O. The normalized spacial score (nSPS) is 20.0. The summed E-state index contributed by atoms with van der Waals surface area (Å²) in [6.45, 7) is 2.20. The average molecular weight is 522 g/mol. The second-order valence-corrected chi connectivity index (χ2v) is 7.24. The maximum atomic E-state index is 11.7. The molecule has 1 atom stereocenters. The molecule has 1 aliphatic heterocycles. The first-order valence-corrected chi connectivity index (χ1v) is 9.20. The number of nitrogens with zero attached hydrogens (tertiary/aromatic N) is 2. The number of anilines is 1. The van der Waals surface area contributed by atoms with Gasteiger partial charge in [-0.15, -0.1) is 24.0 Å². The van der Waals surface area contributed by atoms with Crippen LogP contribution in [-0.2, 0) is 4.79 Å². The lowest BCUT2D eigenvalue weighted by atomic mass is 10.3. The lowest BCUT2D eigenvalue weighted by molar-refractivity contribution is -0.120. The Balaban J connectivity index is 0.00000225. The van der Waals surface area contributed by atoms with Gasteiger partial charge in [-0.2, -0.15) is 0 Å². The van der Waals surface area contributed by atoms with Gasteiger partial charge in [0.1, 0.15) is 0 Å². The van der Waals surface area contributed by atoms with Crippen LogP contribution in [0.1, 0.15) is 19.3 Å². The third-order valence-corrected chi connectivity index (χ3v) is 4.83. The molecule has 0 spiro atoms. The van der Waals surface area contributed by atoms with E-state index < -0.39 is 0 Å². The van der Waals surface area contributed by atoms with E-state index in [0.717, 1.165) is 36.8 Å². The van der Waals surface area contributed by atoms with Crippen LogP contribution in [-0.4, -0.2) is 50.6 Å². The molecule has 1 amide bonds. The lowest BCUT2D eigenvalue weighted by Gasteiger charge is -2.20. The van der Waals surface area contributed by atoms with Crippen LogP contribution in [0.25, 0.3) is 0 Å². The summed E-state index contributed by atoms with van der Waals surface area (Å²) in [6.07, 6.45) is 3.25. The average Bonchev–Trinajstić information content (AvgIpc) is 3.27. The second-order valence-electron chi connectivity index (χ2n) is 6.32. The smallest absolute Gasteiger partial charge is 0.239 e. The molecule has 1 saturated carbocycles. The minimum absolute atomic E-state index is 0. The molecule has 3 rings (SSSR count). The Morgan fingerprint density at radius 1 is 1.20 bits per heavy atom. The zero-order chi connectivity index (χ0) is 16.9. The van der Waals surface area contributed by atoms with Gasteiger partial charge in [0.05, 0.1) is 6.54 Å². The van der Waals surface area contributed by atoms with Gasteiger partial charge in [-0.3, -0.25) is 9.79 Å². The zero-order valence-corrected chi connectivity index (χ0v) is 18.2. The predicted octanol–water partition coefficient (Wildman–Crippen LogP) is 2.09. The number of benzene rings is 1. The Hall–Kier alpha value is -1.03. The van der Waals surface area contributed by atoms with Crippen LogP contribution in [0, 0.1) is 0 Å². The first-order chi connectivity index (χ1) is 11.6. The summed E-state index contributed by atoms with van der Waals surface area (Å²) in [5, 5.41) is 9.47. The van der Waals surface area contributed by atoms with E-state index in [4.69, 9.17) is 0 Å². The summed E-state index contributed by atoms with van der Waals surface area (Å²) >= 11 is 3.47. The van der Waals surface area contributed by atoms with Gasteiger partial charge in [-0.25, -0.2) is 0 Å². The third-order valence-electron chi connectivity index (χ3n) is 4.30. The van der Waals surface area contributed by atoms with Crippen molar-refractivity contribution in [3.63, 3.8) is 0 Å². The van der Waals surface area contributed by atoms with Crippen molar-refractivity contribution in [2.24, 2.45) is 4.99 Å². The summed E-state index contributed by atoms with van der Waals surface area (Å²) in [4.78, 5) is 18.3. The standard InChI is InChI=1S/C17H24BrN5O.HI/c1-19-17(20-10-16(24)21-13-4-5-13)22-14-8-9-23(11-14)15-6-2-12(18)3-7-15;/h2-3,6-7,13-14H,4-5,8-11H2,1H3,(H,21,24)(H2,19,20,22);1H. The van der Waals surface area contributed by atoms with Crippen LogP contribution < -0.4 is 20.9 Å². The van der Waals surface area contributed by atoms with Gasteiger partial charge in [0, 0.05) is 42.4 Å². The minimum atomic E-state index is 0. The summed E-state index contributed by atoms with van der Waals surface area (Å²) in [7, 11) is 1.73. The van der Waals surface area contributed by atoms with E-state index >= 15 is 0 Å². The quantitative estimate of drug-likeness (QED) is 0.315. The number of hydrogen-bond acceptors (Lipinski definition) is 3. The van der Waals surface area contributed by atoms with E-state index in [1.165, 1.54) is 5.69 Å². The summed E-state index contributed by atoms with van der Waals surface area (Å²) < 4.78 is 1.09. The molecule has 8 heteroatoms. The van der Waals surface area contributed by atoms with Crippen molar-refractivity contribution < 1.29 is 4.79 Å². The molecule has 0 radical (unpaired) electrons. The molecule has 25 heavy (non-hydrogen) atoms. The Labute approximate surface area is 174 Å². The van der Waals surface area contributed by atoms with Gasteiger partial charge in [-0.1, -0.05) is 15.9 Å². The SMILES string of the molecule is CN=C(NCC(=O)NC1CC1)NC1CCN(c2ccc(Br)cc2)C1.I. The van der Waals surface area contributed by atoms with Crippen LogP contribution in [0.15, 0.2) is 33.7 Å². The van der Waals surface area contributed by atoms with Crippen LogP contribution >= 0.6 is 39.9 Å². The molecular weight excluding hydrogens is 497 g/mol. The van der Waals surface area contributed by atoms with E-state index in [9.17, 15) is 4.79 Å². The van der Waals surface area contributed by atoms with Crippen molar-refractivity contribution in [3.05, 3.63) is 28.7 Å². The molecule has 0 bridgehead atoms. The Kier molecular flexibility index (Phi) is 7.80. The number of amides is 1. The van der Waals surface area contributed by atoms with Gasteiger partial charge < -0.3 is 20.9 Å². The number of nitrogens with one attached hydrogen (secondary N) is 3. The van der Waals surface area contributed by atoms with Gasteiger partial charge in [0.15, 0.2) is 5.96 Å². The van der Waals surface area contributed by atoms with Crippen molar-refractivity contribution in [1.82, 2.24) is 16.0 Å². The van der Waals surface area contributed by atoms with Gasteiger partial charge in [0.2, 0.25) is 5.91 Å². The van der Waals surface area contributed by atoms with Crippen molar-refractivity contribution in [3.8, 4) is 0 Å². The molecule has 1 aromatic carbocycles. The first kappa shape index (κ1) is 20.3. The van der Waals surface area contributed by atoms with Gasteiger partial charge in [0.25, 0.3) is 0 Å². The number of aliphatic imine (C=N–C) groups is 1. The maximum Gasteiger partial charge on any atom is 0.239 e. The zero-order valence-electron chi connectivity index (χ0n) is 14.3. The number of carbonyl (C=O) groups excluding carboxylic acids is 1. The maximum absolute atomic E-state index is 11.7. The van der Waals surface area contributed by atoms with Crippen LogP contribution in [0.5, 0.6) is 0 Å². The van der Waals surface area contributed by atoms with E-state index in [2.05, 4.69) is 66.0 Å². The Morgan fingerprint density at radius 3 is 2.56 bits per heavy atom. The van der Waals surface area contributed by atoms with Gasteiger partial charge >= 0.3 is 0 Å². The summed E-state index contributed by atoms with van der Waals surface area (Å²) in [5.74, 6) is 0.715. The van der Waals surface area contributed by atoms with Crippen LogP contribution in [0.4, 0.5) is 5.69 Å². The fourth-order valence-electron chi connectivity index (χ4n) is 2.82. The van der Waals surface area contributed by atoms with E-state index in [-0.39, 0.29) is 36.4 Å². The van der Waals surface area contributed by atoms with E-state index in [1.807, 2.05) is 0 Å². The number of halogens is 2. The lowest BCUT2D eigenvalue weighted by Crippen LogP contribution is -2.47. The largest absolute Gasteiger partial charge is 0.369 e.